The SMILES string of the molecule is COc1ccc2c(c1)/C=C/C[C@H](O)[C@H](O)C(=O)/C=C\C[C@H](C)OC2=O. The molecule has 0 amide bonds. The molecule has 0 fully saturated rings. The molecule has 0 saturated carbocycles. The molecule has 2 N–H and O–H groups in total. The number of fused-ring (bicyclic) bond motifs is 1. The molecule has 0 saturated heterocycles. The largest absolute Gasteiger partial charge is 0.497 e. The van der Waals surface area contributed by atoms with Crippen LogP contribution in [-0.2, 0) is 9.53 Å². The molecule has 0 unspecified atom stereocenters. The standard InChI is InChI=1S/C19H22O6/c1-12-5-3-7-16(20)18(22)17(21)8-4-6-13-11-14(24-2)9-10-15(13)19(23)25-12/h3-4,6-7,9-12,17-18,21-22H,5,8H2,1-2H3/b6-4+,7-3-/t12-,17-,18+/m0/s1. The number of cyclic esters (lactones) is 1. The van der Waals surface area contributed by atoms with Crippen LogP contribution in [0.4, 0.5) is 0 Å². The molecule has 0 aliphatic carbocycles. The van der Waals surface area contributed by atoms with Crippen molar-refractivity contribution in [2.24, 2.45) is 0 Å². The van der Waals surface area contributed by atoms with Crippen LogP contribution in [0.15, 0.2) is 36.4 Å². The molecule has 0 bridgehead atoms. The van der Waals surface area contributed by atoms with E-state index in [0.29, 0.717) is 23.3 Å². The molecule has 2 rings (SSSR count). The third-order valence-corrected chi connectivity index (χ3v) is 3.87. The number of carbonyl (C=O) groups excluding carboxylic acids is 2. The van der Waals surface area contributed by atoms with Crippen molar-refractivity contribution in [1.29, 1.82) is 0 Å². The molecule has 134 valence electrons. The molecule has 6 nitrogen and oxygen atoms in total. The second-order valence-corrected chi connectivity index (χ2v) is 5.86. The molecule has 1 heterocycles. The van der Waals surface area contributed by atoms with Gasteiger partial charge in [0.25, 0.3) is 0 Å². The minimum atomic E-state index is -1.49. The molecule has 1 aromatic carbocycles. The van der Waals surface area contributed by atoms with Crippen LogP contribution in [0, 0.1) is 0 Å². The van der Waals surface area contributed by atoms with E-state index in [0.717, 1.165) is 0 Å². The maximum Gasteiger partial charge on any atom is 0.339 e. The second-order valence-electron chi connectivity index (χ2n) is 5.86. The number of esters is 1. The van der Waals surface area contributed by atoms with Gasteiger partial charge >= 0.3 is 5.97 Å². The Morgan fingerprint density at radius 1 is 1.12 bits per heavy atom. The molecule has 1 aliphatic heterocycles. The van der Waals surface area contributed by atoms with Crippen molar-refractivity contribution < 1.29 is 29.3 Å². The maximum atomic E-state index is 12.4. The van der Waals surface area contributed by atoms with Crippen LogP contribution in [0.5, 0.6) is 5.75 Å². The van der Waals surface area contributed by atoms with Gasteiger partial charge in [-0.15, -0.1) is 0 Å². The fraction of sp³-hybridized carbons (Fsp3) is 0.368. The van der Waals surface area contributed by atoms with Crippen LogP contribution in [0.3, 0.4) is 0 Å². The number of ether oxygens (including phenoxy) is 2. The van der Waals surface area contributed by atoms with Crippen molar-refractivity contribution in [2.75, 3.05) is 7.11 Å². The lowest BCUT2D eigenvalue weighted by atomic mass is 10.0. The second kappa shape index (κ2) is 8.60. The first kappa shape index (κ1) is 18.9. The summed E-state index contributed by atoms with van der Waals surface area (Å²) in [6, 6.07) is 4.96. The van der Waals surface area contributed by atoms with E-state index >= 15 is 0 Å². The Morgan fingerprint density at radius 2 is 1.84 bits per heavy atom. The zero-order chi connectivity index (χ0) is 18.4. The molecule has 3 atom stereocenters. The van der Waals surface area contributed by atoms with Gasteiger partial charge in [-0.2, -0.15) is 0 Å². The Labute approximate surface area is 146 Å². The average molecular weight is 346 g/mol. The van der Waals surface area contributed by atoms with E-state index in [4.69, 9.17) is 9.47 Å². The minimum absolute atomic E-state index is 0.0584. The topological polar surface area (TPSA) is 93.1 Å². The third kappa shape index (κ3) is 5.01. The van der Waals surface area contributed by atoms with Gasteiger partial charge < -0.3 is 19.7 Å². The lowest BCUT2D eigenvalue weighted by Crippen LogP contribution is -2.32. The van der Waals surface area contributed by atoms with Gasteiger partial charge in [0.05, 0.1) is 18.8 Å². The third-order valence-electron chi connectivity index (χ3n) is 3.87. The summed E-state index contributed by atoms with van der Waals surface area (Å²) in [6.45, 7) is 1.71. The summed E-state index contributed by atoms with van der Waals surface area (Å²) in [5.41, 5.74) is 0.938. The first-order valence-electron chi connectivity index (χ1n) is 8.04. The number of rotatable bonds is 1. The lowest BCUT2D eigenvalue weighted by Gasteiger charge is -2.16. The van der Waals surface area contributed by atoms with Crippen molar-refractivity contribution in [3.05, 3.63) is 47.6 Å². The fourth-order valence-electron chi connectivity index (χ4n) is 2.41. The summed E-state index contributed by atoms with van der Waals surface area (Å²) < 4.78 is 10.6. The number of aliphatic hydroxyl groups is 2. The van der Waals surface area contributed by atoms with Gasteiger partial charge in [0, 0.05) is 6.42 Å². The van der Waals surface area contributed by atoms with Crippen molar-refractivity contribution >= 4 is 17.8 Å². The molecule has 0 spiro atoms. The Hall–Kier alpha value is -2.44. The summed E-state index contributed by atoms with van der Waals surface area (Å²) in [6.07, 6.45) is 3.16. The van der Waals surface area contributed by atoms with Crippen molar-refractivity contribution in [1.82, 2.24) is 0 Å². The van der Waals surface area contributed by atoms with Crippen LogP contribution in [0.25, 0.3) is 6.08 Å². The molecule has 6 heteroatoms. The van der Waals surface area contributed by atoms with E-state index < -0.39 is 30.1 Å². The van der Waals surface area contributed by atoms with E-state index in [1.807, 2.05) is 0 Å². The Kier molecular flexibility index (Phi) is 6.50. The summed E-state index contributed by atoms with van der Waals surface area (Å²) in [4.78, 5) is 24.2. The number of benzene rings is 1. The van der Waals surface area contributed by atoms with Crippen LogP contribution in [-0.4, -0.2) is 47.4 Å². The molecular formula is C19H22O6. The monoisotopic (exact) mass is 346 g/mol. The molecule has 25 heavy (non-hydrogen) atoms. The van der Waals surface area contributed by atoms with Gasteiger partial charge in [0.2, 0.25) is 0 Å². The smallest absolute Gasteiger partial charge is 0.339 e. The Morgan fingerprint density at radius 3 is 2.56 bits per heavy atom. The van der Waals surface area contributed by atoms with E-state index in [2.05, 4.69) is 0 Å². The van der Waals surface area contributed by atoms with Gasteiger partial charge in [-0.25, -0.2) is 4.79 Å². The summed E-state index contributed by atoms with van der Waals surface area (Å²) in [5, 5.41) is 19.8. The normalized spacial score (nSPS) is 27.6. The van der Waals surface area contributed by atoms with Crippen LogP contribution >= 0.6 is 0 Å². The quantitative estimate of drug-likeness (QED) is 0.755. The zero-order valence-electron chi connectivity index (χ0n) is 14.2. The highest BCUT2D eigenvalue weighted by atomic mass is 16.5. The molecule has 1 aromatic rings. The van der Waals surface area contributed by atoms with Crippen molar-refractivity contribution in [3.63, 3.8) is 0 Å². The fourth-order valence-corrected chi connectivity index (χ4v) is 2.41. The molecular weight excluding hydrogens is 324 g/mol. The van der Waals surface area contributed by atoms with Crippen molar-refractivity contribution in [3.8, 4) is 5.75 Å². The Balaban J connectivity index is 2.37. The highest BCUT2D eigenvalue weighted by molar-refractivity contribution is 5.94. The first-order valence-corrected chi connectivity index (χ1v) is 8.04. The number of carbonyl (C=O) groups is 2. The number of hydrogen-bond donors (Lipinski definition) is 2. The predicted molar refractivity (Wildman–Crippen MR) is 92.3 cm³/mol. The summed E-state index contributed by atoms with van der Waals surface area (Å²) in [5.74, 6) is -0.491. The van der Waals surface area contributed by atoms with Crippen LogP contribution in [0.1, 0.15) is 35.7 Å². The average Bonchev–Trinajstić information content (AvgIpc) is 2.59. The van der Waals surface area contributed by atoms with Gasteiger partial charge in [0.1, 0.15) is 18.0 Å². The number of hydrogen-bond acceptors (Lipinski definition) is 6. The van der Waals surface area contributed by atoms with E-state index in [9.17, 15) is 19.8 Å². The van der Waals surface area contributed by atoms with Crippen LogP contribution in [0.2, 0.25) is 0 Å². The Bertz CT molecular complexity index is 691. The number of ketones is 1. The van der Waals surface area contributed by atoms with Crippen LogP contribution < -0.4 is 4.74 Å². The predicted octanol–water partition coefficient (Wildman–Crippen LogP) is 1.89. The minimum Gasteiger partial charge on any atom is -0.497 e. The lowest BCUT2D eigenvalue weighted by molar-refractivity contribution is -0.127. The molecule has 0 aromatic heterocycles. The van der Waals surface area contributed by atoms with Gasteiger partial charge in [-0.3, -0.25) is 4.79 Å². The van der Waals surface area contributed by atoms with Crippen molar-refractivity contribution in [2.45, 2.75) is 38.1 Å². The van der Waals surface area contributed by atoms with E-state index in [1.165, 1.54) is 19.3 Å². The molecule has 0 radical (unpaired) electrons. The van der Waals surface area contributed by atoms with Gasteiger partial charge in [-0.05, 0) is 43.2 Å². The number of methoxy groups -OCH3 is 1. The summed E-state index contributed by atoms with van der Waals surface area (Å²) >= 11 is 0. The first-order chi connectivity index (χ1) is 11.9. The van der Waals surface area contributed by atoms with Gasteiger partial charge in [-0.1, -0.05) is 18.2 Å². The molecule has 1 aliphatic rings. The zero-order valence-corrected chi connectivity index (χ0v) is 14.2. The highest BCUT2D eigenvalue weighted by Gasteiger charge is 2.22. The van der Waals surface area contributed by atoms with Gasteiger partial charge in [0.15, 0.2) is 5.78 Å². The van der Waals surface area contributed by atoms with E-state index in [-0.39, 0.29) is 6.42 Å². The summed E-state index contributed by atoms with van der Waals surface area (Å²) in [7, 11) is 1.52. The highest BCUT2D eigenvalue weighted by Crippen LogP contribution is 2.21. The number of aliphatic hydroxyl groups excluding tert-OH is 2. The van der Waals surface area contributed by atoms with E-state index in [1.54, 1.807) is 37.3 Å². The maximum absolute atomic E-state index is 12.4.